The van der Waals surface area contributed by atoms with Gasteiger partial charge < -0.3 is 4.55 Å². The highest BCUT2D eigenvalue weighted by molar-refractivity contribution is 7.95. The van der Waals surface area contributed by atoms with Crippen LogP contribution in [0.1, 0.15) is 5.56 Å². The predicted octanol–water partition coefficient (Wildman–Crippen LogP) is 4.19. The summed E-state index contributed by atoms with van der Waals surface area (Å²) in [4.78, 5) is 1.45. The van der Waals surface area contributed by atoms with Gasteiger partial charge in [-0.15, -0.1) is 0 Å². The molecule has 0 radical (unpaired) electrons. The summed E-state index contributed by atoms with van der Waals surface area (Å²) in [5, 5.41) is -7.11. The van der Waals surface area contributed by atoms with Crippen LogP contribution in [-0.2, 0) is 21.0 Å². The fourth-order valence-electron chi connectivity index (χ4n) is 1.33. The second kappa shape index (κ2) is 8.07. The van der Waals surface area contributed by atoms with Gasteiger partial charge in [0.2, 0.25) is 0 Å². The second-order valence-electron chi connectivity index (χ2n) is 5.25. The molecule has 0 amide bonds. The largest absolute Gasteiger partial charge is 0.743 e. The number of hydrogen-bond acceptors (Lipinski definition) is 3. The smallest absolute Gasteiger partial charge is 0.460 e. The maximum atomic E-state index is 12.2. The van der Waals surface area contributed by atoms with Gasteiger partial charge in [0.15, 0.2) is 15.0 Å². The summed E-state index contributed by atoms with van der Waals surface area (Å²) in [7, 11) is -7.00. The molecule has 1 aromatic rings. The first-order valence-corrected chi connectivity index (χ1v) is 9.95. The Morgan fingerprint density at radius 2 is 1.19 bits per heavy atom. The van der Waals surface area contributed by atoms with Gasteiger partial charge in [-0.3, -0.25) is 0 Å². The topological polar surface area (TPSA) is 57.2 Å². The summed E-state index contributed by atoms with van der Waals surface area (Å²) in [6.45, 7) is 2.12. The van der Waals surface area contributed by atoms with Crippen LogP contribution in [0, 0.1) is 6.92 Å². The minimum Gasteiger partial charge on any atom is -0.743 e. The summed E-state index contributed by atoms with van der Waals surface area (Å²) in [5.41, 5.74) is 1.34. The lowest BCUT2D eigenvalue weighted by atomic mass is 10.1. The fraction of sp³-hybridized carbons (Fsp3) is 0.538. The van der Waals surface area contributed by atoms with Crippen LogP contribution in [-0.4, -0.2) is 48.8 Å². The molecule has 0 atom stereocenters. The fourth-order valence-corrected chi connectivity index (χ4v) is 2.45. The van der Waals surface area contributed by atoms with E-state index in [-0.39, 0.29) is 0 Å². The van der Waals surface area contributed by atoms with Crippen molar-refractivity contribution in [3.8, 4) is 0 Å². The summed E-state index contributed by atoms with van der Waals surface area (Å²) in [6.07, 6.45) is -2.68. The molecule has 0 aromatic heterocycles. The molecule has 0 aliphatic carbocycles. The standard InChI is InChI=1S/C9H13S.C4HF9O3S/c1-8-4-6-9(7-5-8)10(2)3;5-1(6,3(9,10)11)2(7,8)4(12,13)17(14,15)16/h4-7H,1-3H3;(H,14,15,16)/q+1;/p-1. The van der Waals surface area contributed by atoms with E-state index in [4.69, 9.17) is 0 Å². The Morgan fingerprint density at radius 3 is 1.44 bits per heavy atom. The van der Waals surface area contributed by atoms with E-state index in [1.807, 2.05) is 0 Å². The lowest BCUT2D eigenvalue weighted by molar-refractivity contribution is -0.382. The molecule has 1 rings (SSSR count). The Hall–Kier alpha value is -1.15. The maximum Gasteiger partial charge on any atom is 0.460 e. The molecule has 0 bridgehead atoms. The van der Waals surface area contributed by atoms with Crippen molar-refractivity contribution in [1.82, 2.24) is 0 Å². The SMILES string of the molecule is Cc1ccc([S+](C)C)cc1.O=S(=O)([O-])C(F)(F)C(F)(F)C(F)(F)C(F)(F)F. The van der Waals surface area contributed by atoms with Gasteiger partial charge in [0.05, 0.1) is 0 Å². The molecule has 0 aliphatic rings. The van der Waals surface area contributed by atoms with Gasteiger partial charge >= 0.3 is 23.3 Å². The number of aryl methyl sites for hydroxylation is 1. The summed E-state index contributed by atoms with van der Waals surface area (Å²) in [6, 6.07) is 8.75. The molecule has 0 fully saturated rings. The summed E-state index contributed by atoms with van der Waals surface area (Å²) >= 11 is 0. The Morgan fingerprint density at radius 1 is 0.815 bits per heavy atom. The van der Waals surface area contributed by atoms with Gasteiger partial charge in [0.1, 0.15) is 12.5 Å². The number of rotatable bonds is 4. The van der Waals surface area contributed by atoms with Crippen LogP contribution >= 0.6 is 0 Å². The Labute approximate surface area is 151 Å². The number of halogens is 9. The highest BCUT2D eigenvalue weighted by atomic mass is 32.2. The van der Waals surface area contributed by atoms with Gasteiger partial charge in [-0.1, -0.05) is 17.7 Å². The first-order chi connectivity index (χ1) is 11.7. The van der Waals surface area contributed by atoms with Crippen molar-refractivity contribution in [3.63, 3.8) is 0 Å². The minimum absolute atomic E-state index is 0.413. The van der Waals surface area contributed by atoms with Gasteiger partial charge in [-0.25, -0.2) is 8.42 Å². The number of alkyl halides is 9. The maximum absolute atomic E-state index is 12.2. The van der Waals surface area contributed by atoms with Crippen LogP contribution in [0.3, 0.4) is 0 Å². The molecular weight excluding hydrogens is 439 g/mol. The van der Waals surface area contributed by atoms with E-state index >= 15 is 0 Å². The molecule has 27 heavy (non-hydrogen) atoms. The molecule has 0 heterocycles. The first kappa shape index (κ1) is 25.8. The van der Waals surface area contributed by atoms with Crippen molar-refractivity contribution < 1.29 is 52.5 Å². The third-order valence-electron chi connectivity index (χ3n) is 2.92. The summed E-state index contributed by atoms with van der Waals surface area (Å²) < 4.78 is 135. The molecular formula is C13H13F9O3S2. The molecule has 0 saturated heterocycles. The zero-order valence-electron chi connectivity index (χ0n) is 13.8. The van der Waals surface area contributed by atoms with E-state index in [9.17, 15) is 52.5 Å². The lowest BCUT2D eigenvalue weighted by Crippen LogP contribution is -2.63. The molecule has 158 valence electrons. The molecule has 0 saturated carbocycles. The third kappa shape index (κ3) is 5.44. The highest BCUT2D eigenvalue weighted by Gasteiger charge is 2.83. The van der Waals surface area contributed by atoms with E-state index in [0.29, 0.717) is 10.9 Å². The quantitative estimate of drug-likeness (QED) is 0.391. The van der Waals surface area contributed by atoms with Gasteiger partial charge in [0.25, 0.3) is 0 Å². The van der Waals surface area contributed by atoms with E-state index < -0.39 is 33.4 Å². The molecule has 0 spiro atoms. The predicted molar refractivity (Wildman–Crippen MR) is 79.3 cm³/mol. The molecule has 14 heteroatoms. The van der Waals surface area contributed by atoms with Crippen LogP contribution in [0.4, 0.5) is 39.5 Å². The normalized spacial score (nSPS) is 14.0. The van der Waals surface area contributed by atoms with E-state index in [1.165, 1.54) is 10.5 Å². The van der Waals surface area contributed by atoms with Crippen LogP contribution in [0.5, 0.6) is 0 Å². The van der Waals surface area contributed by atoms with Crippen molar-refractivity contribution in [1.29, 1.82) is 0 Å². The second-order valence-corrected chi connectivity index (χ2v) is 8.77. The van der Waals surface area contributed by atoms with Crippen molar-refractivity contribution in [3.05, 3.63) is 29.8 Å². The van der Waals surface area contributed by atoms with Gasteiger partial charge in [-0.05, 0) is 19.1 Å². The lowest BCUT2D eigenvalue weighted by Gasteiger charge is -2.34. The highest BCUT2D eigenvalue weighted by Crippen LogP contribution is 2.54. The minimum atomic E-state index is -7.43. The average molecular weight is 452 g/mol. The number of hydrogen-bond donors (Lipinski definition) is 0. The number of benzene rings is 1. The van der Waals surface area contributed by atoms with Crippen LogP contribution in [0.2, 0.25) is 0 Å². The Bertz CT molecular complexity index is 726. The van der Waals surface area contributed by atoms with Crippen molar-refractivity contribution in [2.75, 3.05) is 12.5 Å². The zero-order valence-corrected chi connectivity index (χ0v) is 15.4. The Balaban J connectivity index is 0.000000569. The third-order valence-corrected chi connectivity index (χ3v) is 5.02. The molecule has 0 unspecified atom stereocenters. The van der Waals surface area contributed by atoms with Crippen molar-refractivity contribution in [2.45, 2.75) is 35.1 Å². The van der Waals surface area contributed by atoms with Crippen molar-refractivity contribution in [2.24, 2.45) is 0 Å². The first-order valence-electron chi connectivity index (χ1n) is 6.50. The molecule has 1 aromatic carbocycles. The van der Waals surface area contributed by atoms with E-state index in [2.05, 4.69) is 43.7 Å². The van der Waals surface area contributed by atoms with Gasteiger partial charge in [0, 0.05) is 10.9 Å². The van der Waals surface area contributed by atoms with E-state index in [1.54, 1.807) is 0 Å². The average Bonchev–Trinajstić information content (AvgIpc) is 2.45. The Kier molecular flexibility index (Phi) is 7.73. The van der Waals surface area contributed by atoms with Gasteiger partial charge in [-0.2, -0.15) is 39.5 Å². The zero-order chi connectivity index (χ0) is 22.1. The van der Waals surface area contributed by atoms with Crippen LogP contribution in [0.15, 0.2) is 29.2 Å². The summed E-state index contributed by atoms with van der Waals surface area (Å²) in [5.74, 6) is -14.8. The van der Waals surface area contributed by atoms with Crippen molar-refractivity contribution >= 4 is 21.0 Å². The van der Waals surface area contributed by atoms with E-state index in [0.717, 1.165) is 0 Å². The molecule has 0 aliphatic heterocycles. The van der Waals surface area contributed by atoms with Crippen LogP contribution in [0.25, 0.3) is 0 Å². The molecule has 3 nitrogen and oxygen atoms in total. The van der Waals surface area contributed by atoms with Crippen LogP contribution < -0.4 is 0 Å². The molecule has 0 N–H and O–H groups in total. The monoisotopic (exact) mass is 452 g/mol.